The van der Waals surface area contributed by atoms with Crippen LogP contribution in [0, 0.1) is 5.92 Å². The van der Waals surface area contributed by atoms with Gasteiger partial charge in [-0.15, -0.1) is 0 Å². The van der Waals surface area contributed by atoms with Gasteiger partial charge in [0.25, 0.3) is 5.91 Å². The van der Waals surface area contributed by atoms with Crippen LogP contribution in [0.1, 0.15) is 49.4 Å². The molecule has 1 saturated heterocycles. The van der Waals surface area contributed by atoms with Gasteiger partial charge in [0, 0.05) is 31.1 Å². The van der Waals surface area contributed by atoms with E-state index in [0.29, 0.717) is 36.8 Å². The van der Waals surface area contributed by atoms with Crippen LogP contribution in [0.25, 0.3) is 11.5 Å². The fraction of sp³-hybridized carbons (Fsp3) is 0.385. The van der Waals surface area contributed by atoms with E-state index >= 15 is 0 Å². The molecule has 3 heterocycles. The number of nitrogens with one attached hydrogen (secondary N) is 2. The number of piperidine rings is 1. The van der Waals surface area contributed by atoms with Crippen LogP contribution < -0.4 is 10.6 Å². The topological polar surface area (TPSA) is 100 Å². The molecule has 3 aromatic rings. The Hall–Kier alpha value is -3.89. The molecule has 37 heavy (non-hydrogen) atoms. The highest BCUT2D eigenvalue weighted by atomic mass is 19.4. The van der Waals surface area contributed by atoms with E-state index in [1.807, 2.05) is 18.7 Å². The molecular formula is C26H28F3N5O3. The number of rotatable bonds is 7. The Labute approximate surface area is 212 Å². The van der Waals surface area contributed by atoms with Crippen molar-refractivity contribution in [3.8, 4) is 11.5 Å². The van der Waals surface area contributed by atoms with Crippen LogP contribution in [0.2, 0.25) is 0 Å². The molecule has 0 radical (unpaired) electrons. The smallest absolute Gasteiger partial charge is 0.431 e. The lowest BCUT2D eigenvalue weighted by Gasteiger charge is -2.33. The van der Waals surface area contributed by atoms with Crippen molar-refractivity contribution >= 4 is 23.3 Å². The highest BCUT2D eigenvalue weighted by Gasteiger charge is 2.42. The molecule has 2 N–H and O–H groups in total. The van der Waals surface area contributed by atoms with E-state index in [9.17, 15) is 22.8 Å². The second kappa shape index (κ2) is 11.0. The normalized spacial score (nSPS) is 14.6. The van der Waals surface area contributed by atoms with Gasteiger partial charge in [0.1, 0.15) is 5.82 Å². The monoisotopic (exact) mass is 515 g/mol. The molecule has 0 saturated carbocycles. The van der Waals surface area contributed by atoms with Crippen LogP contribution >= 0.6 is 0 Å². The van der Waals surface area contributed by atoms with Gasteiger partial charge >= 0.3 is 6.18 Å². The maximum atomic E-state index is 13.5. The summed E-state index contributed by atoms with van der Waals surface area (Å²) in [5, 5.41) is 5.71. The molecule has 0 atom stereocenters. The van der Waals surface area contributed by atoms with Gasteiger partial charge in [-0.3, -0.25) is 9.59 Å². The number of aromatic nitrogens is 2. The second-order valence-electron chi connectivity index (χ2n) is 9.34. The zero-order valence-electron chi connectivity index (χ0n) is 20.5. The summed E-state index contributed by atoms with van der Waals surface area (Å²) >= 11 is 0. The standard InChI is InChI=1S/C26H28F3N5O3/c1-16(2)14-21(35)34-12-10-18(11-13-34)31-20-9-8-19(15-30-20)32-24(36)22-23(26(27,28)29)37-25(33-22)17-6-4-3-5-7-17/h3-9,15-16,18H,10-14H2,1-2H3,(H,30,31)(H,32,36). The molecule has 1 aliphatic rings. The fourth-order valence-corrected chi connectivity index (χ4v) is 4.07. The van der Waals surface area contributed by atoms with Crippen LogP contribution in [0.4, 0.5) is 24.7 Å². The molecule has 0 spiro atoms. The Balaban J connectivity index is 1.38. The second-order valence-corrected chi connectivity index (χ2v) is 9.34. The maximum Gasteiger partial charge on any atom is 0.452 e. The highest BCUT2D eigenvalue weighted by Crippen LogP contribution is 2.35. The first-order chi connectivity index (χ1) is 17.6. The van der Waals surface area contributed by atoms with Gasteiger partial charge in [0.15, 0.2) is 5.69 Å². The van der Waals surface area contributed by atoms with E-state index in [1.54, 1.807) is 30.3 Å². The first-order valence-electron chi connectivity index (χ1n) is 12.1. The minimum Gasteiger partial charge on any atom is -0.431 e. The molecule has 0 unspecified atom stereocenters. The number of anilines is 2. The molecule has 0 aliphatic carbocycles. The van der Waals surface area contributed by atoms with Crippen molar-refractivity contribution in [3.05, 3.63) is 60.1 Å². The summed E-state index contributed by atoms with van der Waals surface area (Å²) in [4.78, 5) is 34.9. The Kier molecular flexibility index (Phi) is 7.80. The third-order valence-corrected chi connectivity index (χ3v) is 5.92. The largest absolute Gasteiger partial charge is 0.452 e. The van der Waals surface area contributed by atoms with Gasteiger partial charge < -0.3 is 20.0 Å². The number of hydrogen-bond acceptors (Lipinski definition) is 6. The molecule has 1 aliphatic heterocycles. The maximum absolute atomic E-state index is 13.5. The van der Waals surface area contributed by atoms with E-state index in [2.05, 4.69) is 20.6 Å². The Morgan fingerprint density at radius 3 is 2.41 bits per heavy atom. The predicted octanol–water partition coefficient (Wildman–Crippen LogP) is 5.46. The summed E-state index contributed by atoms with van der Waals surface area (Å²) in [7, 11) is 0. The summed E-state index contributed by atoms with van der Waals surface area (Å²) in [6.45, 7) is 5.38. The van der Waals surface area contributed by atoms with Gasteiger partial charge in [-0.05, 0) is 43.0 Å². The molecular weight excluding hydrogens is 487 g/mol. The molecule has 4 rings (SSSR count). The number of halogens is 3. The lowest BCUT2D eigenvalue weighted by Crippen LogP contribution is -2.42. The first-order valence-corrected chi connectivity index (χ1v) is 12.1. The number of carbonyl (C=O) groups is 2. The number of alkyl halides is 3. The van der Waals surface area contributed by atoms with E-state index in [4.69, 9.17) is 4.42 Å². The number of likely N-dealkylation sites (tertiary alicyclic amines) is 1. The van der Waals surface area contributed by atoms with Crippen molar-refractivity contribution in [1.82, 2.24) is 14.9 Å². The number of nitrogens with zero attached hydrogens (tertiary/aromatic N) is 3. The number of carbonyl (C=O) groups excluding carboxylic acids is 2. The zero-order valence-corrected chi connectivity index (χ0v) is 20.5. The lowest BCUT2D eigenvalue weighted by atomic mass is 10.0. The van der Waals surface area contributed by atoms with E-state index in [0.717, 1.165) is 12.8 Å². The molecule has 1 fully saturated rings. The lowest BCUT2D eigenvalue weighted by molar-refractivity contribution is -0.153. The molecule has 8 nitrogen and oxygen atoms in total. The quantitative estimate of drug-likeness (QED) is 0.434. The number of benzene rings is 1. The highest BCUT2D eigenvalue weighted by molar-refractivity contribution is 6.04. The summed E-state index contributed by atoms with van der Waals surface area (Å²) in [6.07, 6.45) is -1.44. The van der Waals surface area contributed by atoms with Crippen LogP contribution in [-0.2, 0) is 11.0 Å². The Morgan fingerprint density at radius 1 is 1.11 bits per heavy atom. The number of oxazole rings is 1. The van der Waals surface area contributed by atoms with Crippen molar-refractivity contribution in [2.45, 2.75) is 45.3 Å². The van der Waals surface area contributed by atoms with Crippen LogP contribution in [0.15, 0.2) is 53.1 Å². The SMILES string of the molecule is CC(C)CC(=O)N1CCC(Nc2ccc(NC(=O)c3nc(-c4ccccc4)oc3C(F)(F)F)cn2)CC1. The summed E-state index contributed by atoms with van der Waals surface area (Å²) in [5.41, 5.74) is -0.325. The van der Waals surface area contributed by atoms with Gasteiger partial charge in [0.05, 0.1) is 11.9 Å². The van der Waals surface area contributed by atoms with Crippen LogP contribution in [-0.4, -0.2) is 45.8 Å². The summed E-state index contributed by atoms with van der Waals surface area (Å²) in [6, 6.07) is 11.3. The fourth-order valence-electron chi connectivity index (χ4n) is 4.07. The minimum absolute atomic E-state index is 0.136. The average molecular weight is 516 g/mol. The Bertz CT molecular complexity index is 1220. The third-order valence-electron chi connectivity index (χ3n) is 5.92. The van der Waals surface area contributed by atoms with Gasteiger partial charge in [-0.2, -0.15) is 13.2 Å². The molecule has 2 amide bonds. The van der Waals surface area contributed by atoms with Crippen molar-refractivity contribution in [1.29, 1.82) is 0 Å². The van der Waals surface area contributed by atoms with Gasteiger partial charge in [-0.25, -0.2) is 9.97 Å². The average Bonchev–Trinajstić information content (AvgIpc) is 3.33. The van der Waals surface area contributed by atoms with Crippen molar-refractivity contribution < 1.29 is 27.2 Å². The van der Waals surface area contributed by atoms with Crippen molar-refractivity contribution in [2.24, 2.45) is 5.92 Å². The summed E-state index contributed by atoms with van der Waals surface area (Å²) < 4.78 is 45.5. The third kappa shape index (κ3) is 6.66. The summed E-state index contributed by atoms with van der Waals surface area (Å²) in [5.74, 6) is -1.76. The van der Waals surface area contributed by atoms with Gasteiger partial charge in [0.2, 0.25) is 17.6 Å². The molecule has 0 bridgehead atoms. The van der Waals surface area contributed by atoms with Crippen molar-refractivity contribution in [3.63, 3.8) is 0 Å². The van der Waals surface area contributed by atoms with Crippen LogP contribution in [0.3, 0.4) is 0 Å². The predicted molar refractivity (Wildman–Crippen MR) is 132 cm³/mol. The number of hydrogen-bond donors (Lipinski definition) is 2. The molecule has 2 aromatic heterocycles. The van der Waals surface area contributed by atoms with Crippen molar-refractivity contribution in [2.75, 3.05) is 23.7 Å². The van der Waals surface area contributed by atoms with E-state index < -0.39 is 23.5 Å². The van der Waals surface area contributed by atoms with Crippen LogP contribution in [0.5, 0.6) is 0 Å². The molecule has 196 valence electrons. The molecule has 11 heteroatoms. The van der Waals surface area contributed by atoms with E-state index in [1.165, 1.54) is 18.3 Å². The minimum atomic E-state index is -4.90. The number of pyridine rings is 1. The Morgan fingerprint density at radius 2 is 1.81 bits per heavy atom. The van der Waals surface area contributed by atoms with E-state index in [-0.39, 0.29) is 23.5 Å². The zero-order chi connectivity index (χ0) is 26.6. The molecule has 1 aromatic carbocycles. The van der Waals surface area contributed by atoms with Gasteiger partial charge in [-0.1, -0.05) is 32.0 Å². The first kappa shape index (κ1) is 26.2. The number of amides is 2.